The number of hydrogen-bond acceptors (Lipinski definition) is 2. The summed E-state index contributed by atoms with van der Waals surface area (Å²) >= 11 is 0. The van der Waals surface area contributed by atoms with Gasteiger partial charge in [-0.1, -0.05) is 31.4 Å². The second-order valence-corrected chi connectivity index (χ2v) is 7.50. The molecule has 0 aliphatic heterocycles. The summed E-state index contributed by atoms with van der Waals surface area (Å²) in [6.07, 6.45) is 12.4. The molecule has 25 heavy (non-hydrogen) atoms. The van der Waals surface area contributed by atoms with E-state index in [0.717, 1.165) is 27.5 Å². The number of fused-ring (bicyclic) bond motifs is 1. The Morgan fingerprint density at radius 1 is 1.16 bits per heavy atom. The van der Waals surface area contributed by atoms with E-state index in [-0.39, 0.29) is 0 Å². The van der Waals surface area contributed by atoms with Gasteiger partial charge in [0.05, 0.1) is 0 Å². The molecule has 1 atom stereocenters. The molecule has 1 unspecified atom stereocenters. The third-order valence-corrected chi connectivity index (χ3v) is 5.88. The fraction of sp³-hybridized carbons (Fsp3) is 0.409. The van der Waals surface area contributed by atoms with Crippen molar-refractivity contribution in [1.82, 2.24) is 9.55 Å². The van der Waals surface area contributed by atoms with Gasteiger partial charge in [0.1, 0.15) is 0 Å². The minimum atomic E-state index is 0.342. The SMILES string of the molecule is Cc1cc(-c2cccnc2)cc2cn(C(C)C3CCCCC3)c(O)c12. The van der Waals surface area contributed by atoms with Crippen LogP contribution in [0.3, 0.4) is 0 Å². The van der Waals surface area contributed by atoms with Crippen LogP contribution in [-0.2, 0) is 0 Å². The first-order chi connectivity index (χ1) is 12.1. The number of rotatable bonds is 3. The number of aryl methyl sites for hydroxylation is 1. The summed E-state index contributed by atoms with van der Waals surface area (Å²) in [5, 5.41) is 13.0. The molecule has 1 saturated carbocycles. The normalized spacial score (nSPS) is 17.0. The van der Waals surface area contributed by atoms with Gasteiger partial charge < -0.3 is 9.67 Å². The van der Waals surface area contributed by atoms with Crippen molar-refractivity contribution in [2.45, 2.75) is 52.0 Å². The van der Waals surface area contributed by atoms with Crippen LogP contribution >= 0.6 is 0 Å². The fourth-order valence-corrected chi connectivity index (χ4v) is 4.42. The van der Waals surface area contributed by atoms with Crippen molar-refractivity contribution < 1.29 is 5.11 Å². The lowest BCUT2D eigenvalue weighted by Gasteiger charge is -2.29. The average molecular weight is 334 g/mol. The van der Waals surface area contributed by atoms with Crippen molar-refractivity contribution in [2.24, 2.45) is 5.92 Å². The van der Waals surface area contributed by atoms with Crippen LogP contribution in [0.25, 0.3) is 21.9 Å². The molecular formula is C22H26N2O. The molecular weight excluding hydrogens is 308 g/mol. The van der Waals surface area contributed by atoms with Gasteiger partial charge in [-0.2, -0.15) is 0 Å². The van der Waals surface area contributed by atoms with Crippen molar-refractivity contribution >= 4 is 10.8 Å². The highest BCUT2D eigenvalue weighted by atomic mass is 16.3. The van der Waals surface area contributed by atoms with E-state index in [1.807, 2.05) is 12.3 Å². The second-order valence-electron chi connectivity index (χ2n) is 7.50. The van der Waals surface area contributed by atoms with Crippen molar-refractivity contribution in [3.05, 3.63) is 48.4 Å². The molecule has 1 aromatic carbocycles. The van der Waals surface area contributed by atoms with Crippen molar-refractivity contribution in [2.75, 3.05) is 0 Å². The zero-order chi connectivity index (χ0) is 17.4. The van der Waals surface area contributed by atoms with E-state index >= 15 is 0 Å². The molecule has 3 heteroatoms. The monoisotopic (exact) mass is 334 g/mol. The van der Waals surface area contributed by atoms with Crippen LogP contribution in [0.15, 0.2) is 42.9 Å². The molecule has 0 radical (unpaired) electrons. The first-order valence-electron chi connectivity index (χ1n) is 9.39. The molecule has 3 aromatic rings. The van der Waals surface area contributed by atoms with E-state index in [1.54, 1.807) is 6.20 Å². The zero-order valence-corrected chi connectivity index (χ0v) is 15.1. The summed E-state index contributed by atoms with van der Waals surface area (Å²) in [7, 11) is 0. The van der Waals surface area contributed by atoms with E-state index in [9.17, 15) is 5.11 Å². The molecule has 1 aliphatic rings. The topological polar surface area (TPSA) is 38.0 Å². The van der Waals surface area contributed by atoms with E-state index in [0.29, 0.717) is 17.8 Å². The molecule has 1 N–H and O–H groups in total. The van der Waals surface area contributed by atoms with Crippen molar-refractivity contribution in [3.8, 4) is 17.0 Å². The number of hydrogen-bond donors (Lipinski definition) is 1. The van der Waals surface area contributed by atoms with E-state index in [1.165, 1.54) is 32.1 Å². The molecule has 2 aromatic heterocycles. The van der Waals surface area contributed by atoms with Gasteiger partial charge in [0.15, 0.2) is 5.88 Å². The summed E-state index contributed by atoms with van der Waals surface area (Å²) in [6.45, 7) is 4.34. The van der Waals surface area contributed by atoms with Gasteiger partial charge in [-0.25, -0.2) is 0 Å². The summed E-state index contributed by atoms with van der Waals surface area (Å²) < 4.78 is 2.10. The summed E-state index contributed by atoms with van der Waals surface area (Å²) in [4.78, 5) is 4.23. The van der Waals surface area contributed by atoms with Crippen LogP contribution in [0.2, 0.25) is 0 Å². The van der Waals surface area contributed by atoms with Gasteiger partial charge in [0.2, 0.25) is 0 Å². The molecule has 130 valence electrons. The Bertz CT molecular complexity index is 876. The molecule has 1 fully saturated rings. The minimum absolute atomic E-state index is 0.342. The van der Waals surface area contributed by atoms with Gasteiger partial charge in [-0.15, -0.1) is 0 Å². The van der Waals surface area contributed by atoms with Crippen LogP contribution in [-0.4, -0.2) is 14.7 Å². The summed E-state index contributed by atoms with van der Waals surface area (Å²) in [5.41, 5.74) is 3.38. The van der Waals surface area contributed by atoms with Gasteiger partial charge in [-0.05, 0) is 55.9 Å². The Balaban J connectivity index is 1.77. The lowest BCUT2D eigenvalue weighted by molar-refractivity contribution is 0.249. The van der Waals surface area contributed by atoms with Gasteiger partial charge in [-0.3, -0.25) is 4.98 Å². The highest BCUT2D eigenvalue weighted by Gasteiger charge is 2.24. The quantitative estimate of drug-likeness (QED) is 0.651. The fourth-order valence-electron chi connectivity index (χ4n) is 4.42. The smallest absolute Gasteiger partial charge is 0.199 e. The molecule has 4 rings (SSSR count). The Morgan fingerprint density at radius 2 is 1.96 bits per heavy atom. The first-order valence-corrected chi connectivity index (χ1v) is 9.39. The van der Waals surface area contributed by atoms with Gasteiger partial charge >= 0.3 is 0 Å². The predicted octanol–water partition coefficient (Wildman–Crippen LogP) is 5.86. The van der Waals surface area contributed by atoms with Gasteiger partial charge in [0, 0.05) is 41.0 Å². The molecule has 0 spiro atoms. The largest absolute Gasteiger partial charge is 0.494 e. The lowest BCUT2D eigenvalue weighted by Crippen LogP contribution is -2.18. The lowest BCUT2D eigenvalue weighted by atomic mass is 9.84. The molecule has 0 saturated heterocycles. The van der Waals surface area contributed by atoms with Gasteiger partial charge in [0.25, 0.3) is 0 Å². The van der Waals surface area contributed by atoms with Crippen molar-refractivity contribution in [3.63, 3.8) is 0 Å². The molecule has 1 aliphatic carbocycles. The van der Waals surface area contributed by atoms with Crippen LogP contribution in [0, 0.1) is 12.8 Å². The molecule has 0 bridgehead atoms. The van der Waals surface area contributed by atoms with Crippen LogP contribution in [0.5, 0.6) is 5.88 Å². The first kappa shape index (κ1) is 16.2. The highest BCUT2D eigenvalue weighted by molar-refractivity contribution is 5.94. The van der Waals surface area contributed by atoms with Crippen molar-refractivity contribution in [1.29, 1.82) is 0 Å². The number of benzene rings is 1. The highest BCUT2D eigenvalue weighted by Crippen LogP contribution is 2.40. The standard InChI is InChI=1S/C22H26N2O/c1-15-11-19(18-9-6-10-23-13-18)12-20-14-24(22(25)21(15)20)16(2)17-7-4-3-5-8-17/h6,9-14,16-17,25H,3-5,7-8H2,1-2H3. The van der Waals surface area contributed by atoms with E-state index in [4.69, 9.17) is 0 Å². The predicted molar refractivity (Wildman–Crippen MR) is 103 cm³/mol. The maximum atomic E-state index is 10.9. The maximum absolute atomic E-state index is 10.9. The minimum Gasteiger partial charge on any atom is -0.494 e. The van der Waals surface area contributed by atoms with E-state index in [2.05, 4.69) is 47.8 Å². The average Bonchev–Trinajstić information content (AvgIpc) is 2.99. The van der Waals surface area contributed by atoms with Crippen LogP contribution in [0.4, 0.5) is 0 Å². The molecule has 0 amide bonds. The van der Waals surface area contributed by atoms with Crippen LogP contribution < -0.4 is 0 Å². The Kier molecular flexibility index (Phi) is 4.24. The van der Waals surface area contributed by atoms with Crippen LogP contribution in [0.1, 0.15) is 50.6 Å². The number of pyridine rings is 1. The summed E-state index contributed by atoms with van der Waals surface area (Å²) in [5.74, 6) is 1.09. The number of nitrogens with zero attached hydrogens (tertiary/aromatic N) is 2. The third kappa shape index (κ3) is 2.92. The number of aromatic nitrogens is 2. The Hall–Kier alpha value is -2.29. The number of aromatic hydroxyl groups is 1. The third-order valence-electron chi connectivity index (χ3n) is 5.88. The van der Waals surface area contributed by atoms with E-state index < -0.39 is 0 Å². The summed E-state index contributed by atoms with van der Waals surface area (Å²) in [6, 6.07) is 8.70. The Morgan fingerprint density at radius 3 is 2.68 bits per heavy atom. The second kappa shape index (κ2) is 6.55. The zero-order valence-electron chi connectivity index (χ0n) is 15.1. The Labute approximate surface area is 149 Å². The molecule has 3 nitrogen and oxygen atoms in total. The maximum Gasteiger partial charge on any atom is 0.199 e. The molecule has 2 heterocycles.